The fourth-order valence-electron chi connectivity index (χ4n) is 1.32. The van der Waals surface area contributed by atoms with Crippen LogP contribution in [0.25, 0.3) is 10.1 Å². The fraction of sp³-hybridized carbons (Fsp3) is 0.111. The lowest BCUT2D eigenvalue weighted by Crippen LogP contribution is -1.81. The van der Waals surface area contributed by atoms with Gasteiger partial charge in [0.25, 0.3) is 0 Å². The number of thiophene rings is 1. The molecule has 0 aliphatic heterocycles. The summed E-state index contributed by atoms with van der Waals surface area (Å²) in [6.07, 6.45) is 0. The van der Waals surface area contributed by atoms with Crippen molar-refractivity contribution in [2.24, 2.45) is 0 Å². The van der Waals surface area contributed by atoms with Gasteiger partial charge in [0.15, 0.2) is 0 Å². The second-order valence-electron chi connectivity index (χ2n) is 2.76. The number of nitrogen functional groups attached to an aromatic ring is 1. The minimum Gasteiger partial charge on any atom is -0.391 e. The molecule has 13 heavy (non-hydrogen) atoms. The van der Waals surface area contributed by atoms with Crippen molar-refractivity contribution in [2.75, 3.05) is 5.73 Å². The predicted octanol–water partition coefficient (Wildman–Crippen LogP) is 3.51. The second-order valence-corrected chi connectivity index (χ2v) is 4.62. The van der Waals surface area contributed by atoms with Crippen molar-refractivity contribution >= 4 is 50.7 Å². The molecule has 1 heterocycles. The zero-order valence-corrected chi connectivity index (χ0v) is 9.22. The van der Waals surface area contributed by atoms with Crippen molar-refractivity contribution in [1.29, 1.82) is 0 Å². The highest BCUT2D eigenvalue weighted by molar-refractivity contribution is 7.80. The molecule has 0 bridgehead atoms. The third kappa shape index (κ3) is 1.52. The van der Waals surface area contributed by atoms with Gasteiger partial charge < -0.3 is 5.73 Å². The molecule has 0 fully saturated rings. The smallest absolute Gasteiger partial charge is 0.0868 e. The molecule has 0 aliphatic rings. The van der Waals surface area contributed by atoms with Crippen LogP contribution in [0, 0.1) is 0 Å². The first kappa shape index (κ1) is 9.19. The van der Waals surface area contributed by atoms with Gasteiger partial charge in [-0.15, -0.1) is 35.6 Å². The summed E-state index contributed by atoms with van der Waals surface area (Å²) in [6, 6.07) is 5.94. The Labute approximate surface area is 90.9 Å². The topological polar surface area (TPSA) is 26.0 Å². The predicted molar refractivity (Wildman–Crippen MR) is 63.0 cm³/mol. The van der Waals surface area contributed by atoms with Crippen molar-refractivity contribution in [3.8, 4) is 0 Å². The zero-order chi connectivity index (χ0) is 9.42. The Bertz CT molecular complexity index is 450. The summed E-state index contributed by atoms with van der Waals surface area (Å²) >= 11 is 11.8. The number of rotatable bonds is 1. The maximum absolute atomic E-state index is 5.84. The standard InChI is InChI=1S/C9H8ClNS2/c10-4-6-5-3-9(11)13-8(5)2-1-7(6)12/h1-3,12H,4,11H2. The third-order valence-corrected chi connectivity index (χ3v) is 3.56. The molecule has 2 rings (SSSR count). The van der Waals surface area contributed by atoms with Gasteiger partial charge in [-0.2, -0.15) is 0 Å². The number of hydrogen-bond acceptors (Lipinski definition) is 3. The lowest BCUT2D eigenvalue weighted by Gasteiger charge is -2.01. The average Bonchev–Trinajstić information content (AvgIpc) is 2.45. The van der Waals surface area contributed by atoms with Crippen LogP contribution in [0.2, 0.25) is 0 Å². The van der Waals surface area contributed by atoms with Gasteiger partial charge in [0.2, 0.25) is 0 Å². The number of anilines is 1. The highest BCUT2D eigenvalue weighted by Gasteiger charge is 2.06. The zero-order valence-electron chi connectivity index (χ0n) is 6.75. The van der Waals surface area contributed by atoms with Gasteiger partial charge in [-0.3, -0.25) is 0 Å². The van der Waals surface area contributed by atoms with Gasteiger partial charge in [-0.05, 0) is 23.8 Å². The van der Waals surface area contributed by atoms with E-state index < -0.39 is 0 Å². The number of alkyl halides is 1. The highest BCUT2D eigenvalue weighted by atomic mass is 35.5. The molecular weight excluding hydrogens is 222 g/mol. The Morgan fingerprint density at radius 3 is 2.92 bits per heavy atom. The summed E-state index contributed by atoms with van der Waals surface area (Å²) in [5.74, 6) is 0.479. The molecule has 1 nitrogen and oxygen atoms in total. The molecule has 2 aromatic rings. The van der Waals surface area contributed by atoms with E-state index in [4.69, 9.17) is 17.3 Å². The largest absolute Gasteiger partial charge is 0.391 e. The molecule has 2 N–H and O–H groups in total. The van der Waals surface area contributed by atoms with Gasteiger partial charge in [0.05, 0.1) is 5.00 Å². The van der Waals surface area contributed by atoms with Crippen molar-refractivity contribution in [3.05, 3.63) is 23.8 Å². The third-order valence-electron chi connectivity index (χ3n) is 1.94. The van der Waals surface area contributed by atoms with Crippen LogP contribution in [0.5, 0.6) is 0 Å². The minimum absolute atomic E-state index is 0.479. The molecular formula is C9H8ClNS2. The van der Waals surface area contributed by atoms with Crippen molar-refractivity contribution in [1.82, 2.24) is 0 Å². The van der Waals surface area contributed by atoms with E-state index in [-0.39, 0.29) is 0 Å². The number of hydrogen-bond donors (Lipinski definition) is 2. The Hall–Kier alpha value is -0.380. The lowest BCUT2D eigenvalue weighted by atomic mass is 10.1. The molecule has 0 atom stereocenters. The van der Waals surface area contributed by atoms with Gasteiger partial charge in [0, 0.05) is 20.9 Å². The van der Waals surface area contributed by atoms with E-state index in [1.54, 1.807) is 11.3 Å². The Kier molecular flexibility index (Phi) is 2.41. The van der Waals surface area contributed by atoms with E-state index >= 15 is 0 Å². The van der Waals surface area contributed by atoms with Crippen LogP contribution in [-0.2, 0) is 5.88 Å². The molecule has 0 radical (unpaired) electrons. The van der Waals surface area contributed by atoms with Gasteiger partial charge in [-0.25, -0.2) is 0 Å². The molecule has 0 amide bonds. The summed E-state index contributed by atoms with van der Waals surface area (Å²) in [7, 11) is 0. The first-order valence-electron chi connectivity index (χ1n) is 3.78. The molecule has 1 aromatic carbocycles. The van der Waals surface area contributed by atoms with Crippen LogP contribution in [0.15, 0.2) is 23.1 Å². The monoisotopic (exact) mass is 229 g/mol. The highest BCUT2D eigenvalue weighted by Crippen LogP contribution is 2.33. The van der Waals surface area contributed by atoms with Crippen molar-refractivity contribution in [2.45, 2.75) is 10.8 Å². The Balaban J connectivity index is 2.82. The number of halogens is 1. The number of fused-ring (bicyclic) bond motifs is 1. The van der Waals surface area contributed by atoms with Crippen LogP contribution >= 0.6 is 35.6 Å². The Morgan fingerprint density at radius 1 is 1.46 bits per heavy atom. The van der Waals surface area contributed by atoms with Crippen molar-refractivity contribution in [3.63, 3.8) is 0 Å². The maximum atomic E-state index is 5.84. The van der Waals surface area contributed by atoms with Crippen LogP contribution < -0.4 is 5.73 Å². The lowest BCUT2D eigenvalue weighted by molar-refractivity contribution is 1.31. The Morgan fingerprint density at radius 2 is 2.23 bits per heavy atom. The van der Waals surface area contributed by atoms with Crippen LogP contribution in [0.3, 0.4) is 0 Å². The molecule has 0 unspecified atom stereocenters. The van der Waals surface area contributed by atoms with E-state index in [1.165, 1.54) is 4.70 Å². The SMILES string of the molecule is Nc1cc2c(CCl)c(S)ccc2s1. The average molecular weight is 230 g/mol. The van der Waals surface area contributed by atoms with E-state index in [1.807, 2.05) is 18.2 Å². The molecule has 0 aliphatic carbocycles. The van der Waals surface area contributed by atoms with Crippen molar-refractivity contribution < 1.29 is 0 Å². The van der Waals surface area contributed by atoms with E-state index in [2.05, 4.69) is 12.6 Å². The van der Waals surface area contributed by atoms with Crippen LogP contribution in [-0.4, -0.2) is 0 Å². The normalized spacial score (nSPS) is 10.9. The minimum atomic E-state index is 0.479. The summed E-state index contributed by atoms with van der Waals surface area (Å²) in [6.45, 7) is 0. The second kappa shape index (κ2) is 3.40. The molecule has 1 aromatic heterocycles. The van der Waals surface area contributed by atoms with E-state index in [0.717, 1.165) is 20.8 Å². The van der Waals surface area contributed by atoms with Crippen LogP contribution in [0.1, 0.15) is 5.56 Å². The quantitative estimate of drug-likeness (QED) is 0.568. The first-order valence-corrected chi connectivity index (χ1v) is 5.58. The molecule has 0 saturated carbocycles. The van der Waals surface area contributed by atoms with E-state index in [9.17, 15) is 0 Å². The maximum Gasteiger partial charge on any atom is 0.0868 e. The van der Waals surface area contributed by atoms with Gasteiger partial charge in [-0.1, -0.05) is 0 Å². The van der Waals surface area contributed by atoms with Gasteiger partial charge >= 0.3 is 0 Å². The summed E-state index contributed by atoms with van der Waals surface area (Å²) < 4.78 is 1.17. The fourth-order valence-corrected chi connectivity index (χ4v) is 2.83. The van der Waals surface area contributed by atoms with Crippen LogP contribution in [0.4, 0.5) is 5.00 Å². The molecule has 0 saturated heterocycles. The molecule has 0 spiro atoms. The molecule has 68 valence electrons. The van der Waals surface area contributed by atoms with E-state index in [0.29, 0.717) is 5.88 Å². The summed E-state index contributed by atoms with van der Waals surface area (Å²) in [5.41, 5.74) is 6.78. The molecule has 4 heteroatoms. The number of benzene rings is 1. The van der Waals surface area contributed by atoms with Gasteiger partial charge in [0.1, 0.15) is 0 Å². The number of thiol groups is 1. The summed E-state index contributed by atoms with van der Waals surface area (Å²) in [5, 5.41) is 1.95. The summed E-state index contributed by atoms with van der Waals surface area (Å²) in [4.78, 5) is 0.931. The number of nitrogens with two attached hydrogens (primary N) is 1. The first-order chi connectivity index (χ1) is 6.22.